The molecule has 0 unspecified atom stereocenters. The van der Waals surface area contributed by atoms with E-state index in [9.17, 15) is 33.2 Å². The number of nitro groups is 1. The molecule has 1 aromatic carbocycles. The number of carbonyl (C=O) groups excluding carboxylic acids is 1. The second-order valence-corrected chi connectivity index (χ2v) is 6.25. The minimum absolute atomic E-state index is 0.0396. The summed E-state index contributed by atoms with van der Waals surface area (Å²) in [5, 5.41) is 24.0. The third kappa shape index (κ3) is 3.92. The van der Waals surface area contributed by atoms with Crippen molar-refractivity contribution in [1.29, 1.82) is 0 Å². The van der Waals surface area contributed by atoms with E-state index in [1.165, 1.54) is 37.3 Å². The van der Waals surface area contributed by atoms with Gasteiger partial charge in [-0.25, -0.2) is 0 Å². The first kappa shape index (κ1) is 20.3. The lowest BCUT2D eigenvalue weighted by atomic mass is 10.1. The molecule has 0 spiro atoms. The lowest BCUT2D eigenvalue weighted by Crippen LogP contribution is -2.56. The van der Waals surface area contributed by atoms with Gasteiger partial charge in [0.25, 0.3) is 11.4 Å². The lowest BCUT2D eigenvalue weighted by molar-refractivity contribution is -0.384. The van der Waals surface area contributed by atoms with Crippen molar-refractivity contribution >= 4 is 17.3 Å². The molecule has 0 aliphatic carbocycles. The van der Waals surface area contributed by atoms with E-state index in [-0.39, 0.29) is 34.5 Å². The first-order chi connectivity index (χ1) is 13.5. The van der Waals surface area contributed by atoms with E-state index in [2.05, 4.69) is 5.10 Å². The minimum Gasteiger partial charge on any atom is -0.486 e. The molecule has 1 aromatic heterocycles. The average molecular weight is 413 g/mol. The number of rotatable bonds is 5. The molecule has 0 saturated heterocycles. The number of aliphatic hydroxyl groups is 1. The molecule has 1 aliphatic rings. The Bertz CT molecular complexity index is 970. The molecule has 12 heteroatoms. The minimum atomic E-state index is -5.11. The van der Waals surface area contributed by atoms with Gasteiger partial charge < -0.3 is 14.3 Å². The number of alkyl halides is 3. The van der Waals surface area contributed by atoms with Gasteiger partial charge in [0.2, 0.25) is 0 Å². The Balaban J connectivity index is 1.70. The third-order valence-electron chi connectivity index (χ3n) is 4.07. The lowest BCUT2D eigenvalue weighted by Gasteiger charge is -2.32. The Hall–Kier alpha value is -3.41. The van der Waals surface area contributed by atoms with Crippen LogP contribution >= 0.6 is 0 Å². The number of halogens is 3. The fourth-order valence-electron chi connectivity index (χ4n) is 2.65. The van der Waals surface area contributed by atoms with Crippen LogP contribution in [0.15, 0.2) is 45.9 Å². The van der Waals surface area contributed by atoms with Gasteiger partial charge >= 0.3 is 12.1 Å². The number of nitro benzene ring substituents is 1. The van der Waals surface area contributed by atoms with Crippen molar-refractivity contribution in [2.45, 2.75) is 31.9 Å². The topological polar surface area (TPSA) is 118 Å². The van der Waals surface area contributed by atoms with E-state index in [1.807, 2.05) is 0 Å². The molecule has 3 rings (SSSR count). The molecule has 0 bridgehead atoms. The molecular formula is C17H14F3N3O6. The summed E-state index contributed by atoms with van der Waals surface area (Å²) in [5.74, 6) is -1.33. The van der Waals surface area contributed by atoms with E-state index in [1.54, 1.807) is 0 Å². The Morgan fingerprint density at radius 1 is 1.34 bits per heavy atom. The van der Waals surface area contributed by atoms with Gasteiger partial charge in [0.05, 0.1) is 4.92 Å². The number of amides is 1. The van der Waals surface area contributed by atoms with Crippen LogP contribution in [0.4, 0.5) is 18.9 Å². The normalized spacial score (nSPS) is 19.2. The average Bonchev–Trinajstić information content (AvgIpc) is 3.24. The van der Waals surface area contributed by atoms with E-state index in [0.717, 1.165) is 6.07 Å². The molecule has 0 radical (unpaired) electrons. The first-order valence-electron chi connectivity index (χ1n) is 8.15. The van der Waals surface area contributed by atoms with Crippen LogP contribution in [0.25, 0.3) is 0 Å². The van der Waals surface area contributed by atoms with Crippen molar-refractivity contribution in [2.24, 2.45) is 5.10 Å². The number of benzene rings is 1. The maximum absolute atomic E-state index is 13.2. The molecule has 1 atom stereocenters. The molecule has 2 aromatic rings. The highest BCUT2D eigenvalue weighted by atomic mass is 19.4. The monoisotopic (exact) mass is 413 g/mol. The SMILES string of the molecule is CC1=NN(C(=O)c2ccc(COc3ccc([N+](=O)[O-])cc3)o2)[C@](O)(C(F)(F)F)C1. The zero-order valence-electron chi connectivity index (χ0n) is 14.8. The van der Waals surface area contributed by atoms with Gasteiger partial charge in [-0.15, -0.1) is 0 Å². The van der Waals surface area contributed by atoms with Crippen LogP contribution in [0.5, 0.6) is 5.75 Å². The summed E-state index contributed by atoms with van der Waals surface area (Å²) in [7, 11) is 0. The fraction of sp³-hybridized carbons (Fsp3) is 0.294. The van der Waals surface area contributed by atoms with Crippen molar-refractivity contribution in [3.05, 3.63) is 58.0 Å². The van der Waals surface area contributed by atoms with Crippen LogP contribution in [-0.4, -0.2) is 38.6 Å². The second-order valence-electron chi connectivity index (χ2n) is 6.25. The van der Waals surface area contributed by atoms with E-state index in [0.29, 0.717) is 0 Å². The predicted octanol–water partition coefficient (Wildman–Crippen LogP) is 3.24. The van der Waals surface area contributed by atoms with Crippen molar-refractivity contribution in [3.8, 4) is 5.75 Å². The highest BCUT2D eigenvalue weighted by molar-refractivity contribution is 5.96. The molecule has 154 valence electrons. The van der Waals surface area contributed by atoms with Gasteiger partial charge in [-0.2, -0.15) is 23.3 Å². The second kappa shape index (κ2) is 7.20. The van der Waals surface area contributed by atoms with Gasteiger partial charge in [0, 0.05) is 24.3 Å². The zero-order valence-corrected chi connectivity index (χ0v) is 14.8. The number of non-ortho nitro benzene ring substituents is 1. The maximum atomic E-state index is 13.2. The van der Waals surface area contributed by atoms with Crippen molar-refractivity contribution < 1.29 is 37.1 Å². The van der Waals surface area contributed by atoms with Gasteiger partial charge in [-0.05, 0) is 31.2 Å². The number of furan rings is 1. The van der Waals surface area contributed by atoms with Crippen LogP contribution < -0.4 is 4.74 Å². The highest BCUT2D eigenvalue weighted by Crippen LogP contribution is 2.41. The van der Waals surface area contributed by atoms with Gasteiger partial charge in [-0.3, -0.25) is 14.9 Å². The molecule has 9 nitrogen and oxygen atoms in total. The molecular weight excluding hydrogens is 399 g/mol. The van der Waals surface area contributed by atoms with E-state index < -0.39 is 34.9 Å². The summed E-state index contributed by atoms with van der Waals surface area (Å²) in [5.41, 5.74) is -3.63. The fourth-order valence-corrected chi connectivity index (χ4v) is 2.65. The van der Waals surface area contributed by atoms with E-state index >= 15 is 0 Å². The summed E-state index contributed by atoms with van der Waals surface area (Å²) in [4.78, 5) is 22.4. The summed E-state index contributed by atoms with van der Waals surface area (Å²) in [6.45, 7) is 1.08. The molecule has 2 heterocycles. The largest absolute Gasteiger partial charge is 0.486 e. The van der Waals surface area contributed by atoms with Crippen LogP contribution in [0.3, 0.4) is 0 Å². The van der Waals surface area contributed by atoms with Crippen molar-refractivity contribution in [1.82, 2.24) is 5.01 Å². The van der Waals surface area contributed by atoms with E-state index in [4.69, 9.17) is 9.15 Å². The first-order valence-corrected chi connectivity index (χ1v) is 8.15. The molecule has 0 saturated carbocycles. The molecule has 1 aliphatic heterocycles. The Morgan fingerprint density at radius 2 is 2.00 bits per heavy atom. The van der Waals surface area contributed by atoms with Crippen molar-refractivity contribution in [3.63, 3.8) is 0 Å². The summed E-state index contributed by atoms with van der Waals surface area (Å²) < 4.78 is 50.2. The summed E-state index contributed by atoms with van der Waals surface area (Å²) in [6, 6.07) is 7.64. The van der Waals surface area contributed by atoms with Gasteiger partial charge in [0.1, 0.15) is 18.1 Å². The van der Waals surface area contributed by atoms with Crippen molar-refractivity contribution in [2.75, 3.05) is 0 Å². The van der Waals surface area contributed by atoms with Gasteiger partial charge in [0.15, 0.2) is 5.76 Å². The number of hydrogen-bond donors (Lipinski definition) is 1. The van der Waals surface area contributed by atoms with Crippen LogP contribution in [-0.2, 0) is 6.61 Å². The molecule has 1 amide bonds. The Labute approximate surface area is 161 Å². The molecule has 1 N–H and O–H groups in total. The quantitative estimate of drug-likeness (QED) is 0.594. The standard InChI is InChI=1S/C17H14F3N3O6/c1-10-8-16(25,17(18,19)20)22(21-10)15(24)14-7-6-13(29-14)9-28-12-4-2-11(3-5-12)23(26)27/h2-7,25H,8-9H2,1H3/t16-/m1/s1. The number of nitrogens with zero attached hydrogens (tertiary/aromatic N) is 3. The number of ether oxygens (including phenoxy) is 1. The number of carbonyl (C=O) groups is 1. The third-order valence-corrected chi connectivity index (χ3v) is 4.07. The Kier molecular flexibility index (Phi) is 5.05. The predicted molar refractivity (Wildman–Crippen MR) is 91.0 cm³/mol. The number of hydrogen-bond acceptors (Lipinski definition) is 7. The zero-order chi connectivity index (χ0) is 21.4. The summed E-state index contributed by atoms with van der Waals surface area (Å²) >= 11 is 0. The van der Waals surface area contributed by atoms with Crippen LogP contribution in [0.2, 0.25) is 0 Å². The maximum Gasteiger partial charge on any atom is 0.438 e. The highest BCUT2D eigenvalue weighted by Gasteiger charge is 2.63. The molecule has 29 heavy (non-hydrogen) atoms. The van der Waals surface area contributed by atoms with Crippen LogP contribution in [0.1, 0.15) is 29.7 Å². The summed E-state index contributed by atoms with van der Waals surface area (Å²) in [6.07, 6.45) is -5.97. The smallest absolute Gasteiger partial charge is 0.438 e. The van der Waals surface area contributed by atoms with Crippen LogP contribution in [0, 0.1) is 10.1 Å². The molecule has 0 fully saturated rings. The number of hydrazone groups is 1. The van der Waals surface area contributed by atoms with Gasteiger partial charge in [-0.1, -0.05) is 0 Å². The Morgan fingerprint density at radius 3 is 2.59 bits per heavy atom.